The maximum Gasteiger partial charge on any atom is 0.248 e. The molecule has 10 heteroatoms. The van der Waals surface area contributed by atoms with Crippen LogP contribution in [0.1, 0.15) is 21.9 Å². The molecule has 33 heavy (non-hydrogen) atoms. The van der Waals surface area contributed by atoms with Crippen molar-refractivity contribution < 1.29 is 14.3 Å². The average molecular weight is 447 g/mol. The van der Waals surface area contributed by atoms with E-state index in [0.29, 0.717) is 49.2 Å². The molecular formula is C23H25N7O3. The lowest BCUT2D eigenvalue weighted by Crippen LogP contribution is -2.37. The molecule has 0 radical (unpaired) electrons. The number of morpholine rings is 1. The summed E-state index contributed by atoms with van der Waals surface area (Å²) in [6.07, 6.45) is 3.93. The molecule has 0 spiro atoms. The third-order valence-electron chi connectivity index (χ3n) is 4.90. The smallest absolute Gasteiger partial charge is 0.248 e. The highest BCUT2D eigenvalue weighted by molar-refractivity contribution is 5.93. The van der Waals surface area contributed by atoms with E-state index in [1.54, 1.807) is 30.5 Å². The van der Waals surface area contributed by atoms with E-state index in [9.17, 15) is 4.79 Å². The number of nitrogens with zero attached hydrogens (tertiary/aromatic N) is 5. The predicted octanol–water partition coefficient (Wildman–Crippen LogP) is 1.87. The third-order valence-corrected chi connectivity index (χ3v) is 4.90. The Hall–Kier alpha value is -4.05. The van der Waals surface area contributed by atoms with E-state index in [1.165, 1.54) is 6.21 Å². The molecular weight excluding hydrogens is 422 g/mol. The Morgan fingerprint density at radius 2 is 2.06 bits per heavy atom. The molecule has 170 valence electrons. The molecule has 0 bridgehead atoms. The number of carbonyl (C=O) groups excluding carboxylic acids is 1. The minimum Gasteiger partial charge on any atom is -0.477 e. The molecule has 3 heterocycles. The van der Waals surface area contributed by atoms with E-state index < -0.39 is 5.91 Å². The van der Waals surface area contributed by atoms with Crippen molar-refractivity contribution in [1.29, 1.82) is 0 Å². The topological polar surface area (TPSA) is 128 Å². The van der Waals surface area contributed by atoms with Crippen LogP contribution in [0.2, 0.25) is 0 Å². The molecule has 1 aliphatic heterocycles. The number of rotatable bonds is 9. The van der Waals surface area contributed by atoms with Gasteiger partial charge in [0.15, 0.2) is 5.82 Å². The summed E-state index contributed by atoms with van der Waals surface area (Å²) in [5.74, 6) is 1.10. The van der Waals surface area contributed by atoms with Crippen LogP contribution in [0.25, 0.3) is 0 Å². The lowest BCUT2D eigenvalue weighted by molar-refractivity contribution is 0.100. The molecule has 0 aliphatic carbocycles. The van der Waals surface area contributed by atoms with E-state index in [4.69, 9.17) is 15.2 Å². The highest BCUT2D eigenvalue weighted by Gasteiger charge is 2.15. The Balaban J connectivity index is 1.47. The molecule has 1 fully saturated rings. The number of hydrogen-bond donors (Lipinski definition) is 2. The molecule has 1 amide bonds. The van der Waals surface area contributed by atoms with Crippen molar-refractivity contribution in [3.05, 3.63) is 71.8 Å². The van der Waals surface area contributed by atoms with Crippen LogP contribution in [-0.2, 0) is 11.2 Å². The zero-order chi connectivity index (χ0) is 22.9. The molecule has 1 aliphatic rings. The van der Waals surface area contributed by atoms with Crippen LogP contribution in [0.5, 0.6) is 5.88 Å². The monoisotopic (exact) mass is 447 g/mol. The van der Waals surface area contributed by atoms with Crippen LogP contribution in [0, 0.1) is 0 Å². The van der Waals surface area contributed by atoms with Crippen LogP contribution in [-0.4, -0.2) is 60.0 Å². The van der Waals surface area contributed by atoms with Gasteiger partial charge in [0.05, 0.1) is 31.7 Å². The van der Waals surface area contributed by atoms with Crippen molar-refractivity contribution in [3.63, 3.8) is 0 Å². The maximum atomic E-state index is 11.4. The first-order chi connectivity index (χ1) is 16.2. The molecule has 2 aromatic heterocycles. The molecule has 0 atom stereocenters. The first kappa shape index (κ1) is 22.2. The van der Waals surface area contributed by atoms with Crippen LogP contribution in [0.4, 0.5) is 11.5 Å². The van der Waals surface area contributed by atoms with Gasteiger partial charge in [-0.05, 0) is 30.3 Å². The van der Waals surface area contributed by atoms with Gasteiger partial charge in [-0.25, -0.2) is 4.98 Å². The van der Waals surface area contributed by atoms with Crippen molar-refractivity contribution in [2.75, 3.05) is 43.2 Å². The fourth-order valence-corrected chi connectivity index (χ4v) is 3.23. The number of primary amides is 1. The minimum atomic E-state index is -0.503. The van der Waals surface area contributed by atoms with Gasteiger partial charge < -0.3 is 20.1 Å². The van der Waals surface area contributed by atoms with Crippen LogP contribution in [0.15, 0.2) is 59.8 Å². The summed E-state index contributed by atoms with van der Waals surface area (Å²) in [7, 11) is 0. The zero-order valence-electron chi connectivity index (χ0n) is 18.1. The number of hydrogen-bond acceptors (Lipinski definition) is 9. The van der Waals surface area contributed by atoms with Gasteiger partial charge in [0.1, 0.15) is 5.82 Å². The number of nitrogens with one attached hydrogen (secondary N) is 1. The second-order valence-electron chi connectivity index (χ2n) is 7.26. The minimum absolute atomic E-state index is 0.393. The fraction of sp³-hybridized carbons (Fsp3) is 0.261. The first-order valence-electron chi connectivity index (χ1n) is 10.6. The van der Waals surface area contributed by atoms with Gasteiger partial charge in [-0.2, -0.15) is 10.1 Å². The maximum absolute atomic E-state index is 11.4. The summed E-state index contributed by atoms with van der Waals surface area (Å²) in [6, 6.07) is 14.4. The van der Waals surface area contributed by atoms with E-state index in [0.717, 1.165) is 24.6 Å². The van der Waals surface area contributed by atoms with Gasteiger partial charge in [-0.3, -0.25) is 15.2 Å². The number of amides is 1. The molecule has 0 saturated carbocycles. The Bertz CT molecular complexity index is 1100. The molecule has 4 rings (SSSR count). The largest absolute Gasteiger partial charge is 0.477 e. The molecule has 3 N–H and O–H groups in total. The lowest BCUT2D eigenvalue weighted by atomic mass is 10.2. The molecule has 1 saturated heterocycles. The first-order valence-corrected chi connectivity index (χ1v) is 10.6. The van der Waals surface area contributed by atoms with Crippen LogP contribution < -0.4 is 20.8 Å². The van der Waals surface area contributed by atoms with Crippen molar-refractivity contribution in [2.24, 2.45) is 10.8 Å². The highest BCUT2D eigenvalue weighted by atomic mass is 16.5. The highest BCUT2D eigenvalue weighted by Crippen LogP contribution is 2.19. The summed E-state index contributed by atoms with van der Waals surface area (Å²) >= 11 is 0. The molecule has 1 aromatic carbocycles. The number of anilines is 2. The van der Waals surface area contributed by atoms with Gasteiger partial charge in [0.2, 0.25) is 11.8 Å². The van der Waals surface area contributed by atoms with Gasteiger partial charge in [0.25, 0.3) is 0 Å². The Morgan fingerprint density at radius 1 is 1.18 bits per heavy atom. The number of carbonyl (C=O) groups is 1. The third kappa shape index (κ3) is 6.47. The van der Waals surface area contributed by atoms with Gasteiger partial charge in [-0.1, -0.05) is 12.1 Å². The predicted molar refractivity (Wildman–Crippen MR) is 125 cm³/mol. The van der Waals surface area contributed by atoms with E-state index in [2.05, 4.69) is 30.4 Å². The Kier molecular flexibility index (Phi) is 7.39. The number of aromatic nitrogens is 3. The zero-order valence-corrected chi connectivity index (χ0v) is 18.1. The van der Waals surface area contributed by atoms with Crippen LogP contribution in [0.3, 0.4) is 0 Å². The van der Waals surface area contributed by atoms with Gasteiger partial charge in [0, 0.05) is 43.0 Å². The van der Waals surface area contributed by atoms with E-state index in [1.807, 2.05) is 24.3 Å². The summed E-state index contributed by atoms with van der Waals surface area (Å²) in [4.78, 5) is 26.9. The molecule has 3 aromatic rings. The molecule has 10 nitrogen and oxygen atoms in total. The summed E-state index contributed by atoms with van der Waals surface area (Å²) in [6.45, 7) is 3.19. The van der Waals surface area contributed by atoms with Gasteiger partial charge >= 0.3 is 0 Å². The quantitative estimate of drug-likeness (QED) is 0.376. The van der Waals surface area contributed by atoms with Crippen molar-refractivity contribution in [1.82, 2.24) is 15.0 Å². The number of nitrogens with two attached hydrogens (primary N) is 1. The number of benzene rings is 1. The fourth-order valence-electron chi connectivity index (χ4n) is 3.23. The Labute approximate surface area is 191 Å². The standard InChI is InChI=1S/C23H25N7O3/c24-23(31)17-4-3-6-19(14-17)29-26-16-20-27-21(30-9-12-32-13-10-30)15-22(28-20)33-11-7-18-5-1-2-8-25-18/h1-6,8,14-16,29H,7,9-13H2,(H2,24,31). The SMILES string of the molecule is NC(=O)c1cccc(NN=Cc2nc(OCCc3ccccn3)cc(N3CCOCC3)n2)c1. The van der Waals surface area contributed by atoms with E-state index >= 15 is 0 Å². The van der Waals surface area contributed by atoms with E-state index in [-0.39, 0.29) is 0 Å². The second-order valence-corrected chi connectivity index (χ2v) is 7.26. The number of hydrazone groups is 1. The Morgan fingerprint density at radius 3 is 2.85 bits per heavy atom. The van der Waals surface area contributed by atoms with Crippen LogP contribution >= 0.6 is 0 Å². The lowest BCUT2D eigenvalue weighted by Gasteiger charge is -2.28. The normalized spacial score (nSPS) is 13.8. The number of ether oxygens (including phenoxy) is 2. The van der Waals surface area contributed by atoms with Crippen molar-refractivity contribution in [2.45, 2.75) is 6.42 Å². The summed E-state index contributed by atoms with van der Waals surface area (Å²) < 4.78 is 11.3. The second kappa shape index (κ2) is 11.0. The summed E-state index contributed by atoms with van der Waals surface area (Å²) in [5.41, 5.74) is 10.2. The summed E-state index contributed by atoms with van der Waals surface area (Å²) in [5, 5.41) is 4.21. The molecule has 0 unspecified atom stereocenters. The number of pyridine rings is 1. The average Bonchev–Trinajstić information content (AvgIpc) is 2.85. The van der Waals surface area contributed by atoms with Gasteiger partial charge in [-0.15, -0.1) is 0 Å². The van der Waals surface area contributed by atoms with Crippen molar-refractivity contribution in [3.8, 4) is 5.88 Å². The van der Waals surface area contributed by atoms with Crippen molar-refractivity contribution >= 4 is 23.6 Å².